The van der Waals surface area contributed by atoms with Crippen molar-refractivity contribution in [1.29, 1.82) is 0 Å². The van der Waals surface area contributed by atoms with Crippen molar-refractivity contribution in [3.8, 4) is 0 Å². The molecular weight excluding hydrogens is 184 g/mol. The second-order valence-electron chi connectivity index (χ2n) is 2.95. The van der Waals surface area contributed by atoms with Gasteiger partial charge in [-0.05, 0) is 34.6 Å². The standard InChI is InChI=1S/C3H8N2O.2C3H6O/c1-2(6)3(4)5;2*1-3(2)4/h3H,4-5H2,1H3;2*1-2H3. The van der Waals surface area contributed by atoms with E-state index in [1.54, 1.807) is 0 Å². The molecule has 5 heteroatoms. The number of rotatable bonds is 1. The first-order valence-electron chi connectivity index (χ1n) is 4.07. The summed E-state index contributed by atoms with van der Waals surface area (Å²) in [6, 6.07) is 0. The molecular formula is C9H20N2O3. The highest BCUT2D eigenvalue weighted by Gasteiger charge is 1.95. The molecule has 0 aromatic heterocycles. The summed E-state index contributed by atoms with van der Waals surface area (Å²) >= 11 is 0. The van der Waals surface area contributed by atoms with Crippen LogP contribution in [0.25, 0.3) is 0 Å². The molecule has 0 aliphatic carbocycles. The Morgan fingerprint density at radius 1 is 0.786 bits per heavy atom. The second kappa shape index (κ2) is 11.9. The summed E-state index contributed by atoms with van der Waals surface area (Å²) in [5.74, 6) is 0.148. The maximum absolute atomic E-state index is 9.89. The largest absolute Gasteiger partial charge is 0.310 e. The van der Waals surface area contributed by atoms with Crippen LogP contribution in [0, 0.1) is 0 Å². The van der Waals surface area contributed by atoms with Crippen LogP contribution < -0.4 is 11.5 Å². The molecule has 0 saturated carbocycles. The van der Waals surface area contributed by atoms with Crippen LogP contribution in [0.3, 0.4) is 0 Å². The third kappa shape index (κ3) is 126. The van der Waals surface area contributed by atoms with Gasteiger partial charge in [-0.2, -0.15) is 0 Å². The predicted molar refractivity (Wildman–Crippen MR) is 55.6 cm³/mol. The molecule has 0 fully saturated rings. The average Bonchev–Trinajstić information content (AvgIpc) is 1.83. The number of carbonyl (C=O) groups is 3. The van der Waals surface area contributed by atoms with E-state index in [9.17, 15) is 14.4 Å². The number of Topliss-reactive ketones (excluding diaryl/α,β-unsaturated/α-hetero) is 3. The number of hydrogen-bond donors (Lipinski definition) is 2. The molecule has 0 unspecified atom stereocenters. The van der Waals surface area contributed by atoms with Crippen LogP contribution in [-0.2, 0) is 14.4 Å². The van der Waals surface area contributed by atoms with Crippen molar-refractivity contribution in [1.82, 2.24) is 0 Å². The smallest absolute Gasteiger partial charge is 0.160 e. The molecule has 0 atom stereocenters. The highest BCUT2D eigenvalue weighted by molar-refractivity contribution is 5.80. The van der Waals surface area contributed by atoms with E-state index >= 15 is 0 Å². The van der Waals surface area contributed by atoms with Crippen molar-refractivity contribution in [2.75, 3.05) is 0 Å². The van der Waals surface area contributed by atoms with Crippen LogP contribution in [0.5, 0.6) is 0 Å². The van der Waals surface area contributed by atoms with Gasteiger partial charge in [0.2, 0.25) is 0 Å². The third-order valence-corrected chi connectivity index (χ3v) is 0.469. The molecule has 0 heterocycles. The van der Waals surface area contributed by atoms with E-state index < -0.39 is 6.17 Å². The monoisotopic (exact) mass is 204 g/mol. The van der Waals surface area contributed by atoms with Crippen LogP contribution in [-0.4, -0.2) is 23.5 Å². The molecule has 5 nitrogen and oxygen atoms in total. The normalized spacial score (nSPS) is 7.71. The van der Waals surface area contributed by atoms with Gasteiger partial charge in [-0.25, -0.2) is 0 Å². The minimum Gasteiger partial charge on any atom is -0.310 e. The Labute approximate surface area is 84.8 Å². The maximum Gasteiger partial charge on any atom is 0.160 e. The summed E-state index contributed by atoms with van der Waals surface area (Å²) in [7, 11) is 0. The van der Waals surface area contributed by atoms with E-state index in [0.29, 0.717) is 0 Å². The first-order valence-corrected chi connectivity index (χ1v) is 4.07. The van der Waals surface area contributed by atoms with Gasteiger partial charge in [-0.3, -0.25) is 4.79 Å². The van der Waals surface area contributed by atoms with E-state index in [2.05, 4.69) is 0 Å². The Morgan fingerprint density at radius 3 is 0.857 bits per heavy atom. The first kappa shape index (κ1) is 18.7. The van der Waals surface area contributed by atoms with Gasteiger partial charge in [-0.1, -0.05) is 0 Å². The zero-order chi connectivity index (χ0) is 12.3. The van der Waals surface area contributed by atoms with Gasteiger partial charge in [0.25, 0.3) is 0 Å². The molecule has 0 aliphatic heterocycles. The van der Waals surface area contributed by atoms with Gasteiger partial charge in [0.05, 0.1) is 0 Å². The van der Waals surface area contributed by atoms with Gasteiger partial charge in [0.15, 0.2) is 5.78 Å². The lowest BCUT2D eigenvalue weighted by Gasteiger charge is -1.92. The van der Waals surface area contributed by atoms with E-state index in [0.717, 1.165) is 0 Å². The fourth-order valence-electron chi connectivity index (χ4n) is 0. The van der Waals surface area contributed by atoms with Crippen molar-refractivity contribution in [3.63, 3.8) is 0 Å². The SMILES string of the molecule is CC(=O)C(N)N.CC(C)=O.CC(C)=O. The summed E-state index contributed by atoms with van der Waals surface area (Å²) in [6.07, 6.45) is -0.787. The number of nitrogens with two attached hydrogens (primary N) is 2. The van der Waals surface area contributed by atoms with E-state index in [1.165, 1.54) is 34.6 Å². The van der Waals surface area contributed by atoms with E-state index in [-0.39, 0.29) is 17.3 Å². The van der Waals surface area contributed by atoms with Crippen molar-refractivity contribution < 1.29 is 14.4 Å². The van der Waals surface area contributed by atoms with Crippen molar-refractivity contribution >= 4 is 17.3 Å². The lowest BCUT2D eigenvalue weighted by Crippen LogP contribution is -2.37. The summed E-state index contributed by atoms with van der Waals surface area (Å²) < 4.78 is 0. The Morgan fingerprint density at radius 2 is 0.857 bits per heavy atom. The number of hydrogen-bond acceptors (Lipinski definition) is 5. The van der Waals surface area contributed by atoms with Gasteiger partial charge in [-0.15, -0.1) is 0 Å². The van der Waals surface area contributed by atoms with Crippen molar-refractivity contribution in [2.45, 2.75) is 40.8 Å². The molecule has 0 rings (SSSR count). The lowest BCUT2D eigenvalue weighted by atomic mass is 10.4. The highest BCUT2D eigenvalue weighted by Crippen LogP contribution is 1.62. The van der Waals surface area contributed by atoms with Crippen LogP contribution in [0.15, 0.2) is 0 Å². The summed E-state index contributed by atoms with van der Waals surface area (Å²) in [5.41, 5.74) is 9.73. The maximum atomic E-state index is 9.89. The molecule has 0 aromatic carbocycles. The topological polar surface area (TPSA) is 103 Å². The predicted octanol–water partition coefficient (Wildman–Crippen LogP) is 0.00950. The molecule has 14 heavy (non-hydrogen) atoms. The Bertz CT molecular complexity index is 168. The fraction of sp³-hybridized carbons (Fsp3) is 0.667. The zero-order valence-electron chi connectivity index (χ0n) is 9.46. The molecule has 0 radical (unpaired) electrons. The second-order valence-corrected chi connectivity index (χ2v) is 2.95. The summed E-state index contributed by atoms with van der Waals surface area (Å²) in [4.78, 5) is 28.8. The van der Waals surface area contributed by atoms with Gasteiger partial charge < -0.3 is 21.1 Å². The molecule has 0 bridgehead atoms. The van der Waals surface area contributed by atoms with E-state index in [1.807, 2.05) is 0 Å². The minimum atomic E-state index is -0.787. The molecule has 0 aliphatic rings. The lowest BCUT2D eigenvalue weighted by molar-refractivity contribution is -0.118. The van der Waals surface area contributed by atoms with Gasteiger partial charge >= 0.3 is 0 Å². The molecule has 0 saturated heterocycles. The third-order valence-electron chi connectivity index (χ3n) is 0.469. The van der Waals surface area contributed by atoms with Crippen molar-refractivity contribution in [2.24, 2.45) is 11.5 Å². The van der Waals surface area contributed by atoms with Crippen LogP contribution in [0.4, 0.5) is 0 Å². The Hall–Kier alpha value is -1.07. The molecule has 4 N–H and O–H groups in total. The van der Waals surface area contributed by atoms with Crippen molar-refractivity contribution in [3.05, 3.63) is 0 Å². The number of carbonyl (C=O) groups excluding carboxylic acids is 3. The van der Waals surface area contributed by atoms with Crippen LogP contribution in [0.1, 0.15) is 34.6 Å². The number of ketones is 3. The molecule has 84 valence electrons. The molecule has 0 spiro atoms. The first-order chi connectivity index (χ1) is 6.11. The highest BCUT2D eigenvalue weighted by atomic mass is 16.1. The zero-order valence-corrected chi connectivity index (χ0v) is 9.46. The van der Waals surface area contributed by atoms with Crippen LogP contribution >= 0.6 is 0 Å². The fourth-order valence-corrected chi connectivity index (χ4v) is 0. The van der Waals surface area contributed by atoms with Crippen LogP contribution in [0.2, 0.25) is 0 Å². The van der Waals surface area contributed by atoms with Gasteiger partial charge in [0, 0.05) is 0 Å². The molecule has 0 amide bonds. The van der Waals surface area contributed by atoms with Gasteiger partial charge in [0.1, 0.15) is 17.7 Å². The Balaban J connectivity index is -0.000000135. The summed E-state index contributed by atoms with van der Waals surface area (Å²) in [5, 5.41) is 0. The minimum absolute atomic E-state index is 0.167. The molecule has 0 aromatic rings. The Kier molecular flexibility index (Phi) is 15.9. The average molecular weight is 204 g/mol. The quantitative estimate of drug-likeness (QED) is 0.585. The van der Waals surface area contributed by atoms with E-state index in [4.69, 9.17) is 11.5 Å². The summed E-state index contributed by atoms with van der Waals surface area (Å²) in [6.45, 7) is 7.46.